The second kappa shape index (κ2) is 16.8. The first-order chi connectivity index (χ1) is 24.4. The van der Waals surface area contributed by atoms with E-state index >= 15 is 0 Å². The molecular weight excluding hydrogens is 742 g/mol. The minimum Gasteiger partial charge on any atom is -0.461 e. The van der Waals surface area contributed by atoms with Gasteiger partial charge in [-0.25, -0.2) is 14.8 Å². The number of hydrogen-bond donors (Lipinski definition) is 3. The van der Waals surface area contributed by atoms with Crippen LogP contribution in [0.5, 0.6) is 0 Å². The molecule has 1 atom stereocenters. The summed E-state index contributed by atoms with van der Waals surface area (Å²) in [5.41, 5.74) is 14.6. The summed E-state index contributed by atoms with van der Waals surface area (Å²) >= 11 is 24.8. The molecule has 0 aliphatic carbocycles. The lowest BCUT2D eigenvalue weighted by molar-refractivity contribution is -0.148. The number of fused-ring (bicyclic) bond motifs is 1. The van der Waals surface area contributed by atoms with Crippen LogP contribution in [0.25, 0.3) is 11.2 Å². The Morgan fingerprint density at radius 3 is 2.02 bits per heavy atom. The highest BCUT2D eigenvalue weighted by Crippen LogP contribution is 2.27. The van der Waals surface area contributed by atoms with Crippen LogP contribution in [-0.2, 0) is 38.8 Å². The number of benzene rings is 3. The normalized spacial score (nSPS) is 11.5. The van der Waals surface area contributed by atoms with Crippen LogP contribution in [-0.4, -0.2) is 50.9 Å². The Morgan fingerprint density at radius 1 is 0.824 bits per heavy atom. The average Bonchev–Trinajstić information content (AvgIpc) is 3.09. The molecule has 0 spiro atoms. The fraction of sp³-hybridized carbons (Fsp3) is 0.206. The molecule has 0 aliphatic heterocycles. The van der Waals surface area contributed by atoms with Crippen molar-refractivity contribution in [1.82, 2.24) is 25.3 Å². The molecule has 0 saturated heterocycles. The molecule has 0 fully saturated rings. The van der Waals surface area contributed by atoms with Gasteiger partial charge in [0.05, 0.1) is 18.4 Å². The maximum atomic E-state index is 13.4. The van der Waals surface area contributed by atoms with E-state index in [1.54, 1.807) is 66.9 Å². The number of carbonyl (C=O) groups is 3. The van der Waals surface area contributed by atoms with Crippen molar-refractivity contribution in [1.29, 1.82) is 0 Å². The molecule has 3 aromatic carbocycles. The third-order valence-corrected chi connectivity index (χ3v) is 8.97. The first kappa shape index (κ1) is 37.3. The van der Waals surface area contributed by atoms with E-state index in [1.165, 1.54) is 0 Å². The van der Waals surface area contributed by atoms with E-state index in [1.807, 2.05) is 11.9 Å². The van der Waals surface area contributed by atoms with Crippen molar-refractivity contribution in [2.24, 2.45) is 0 Å². The highest BCUT2D eigenvalue weighted by Gasteiger charge is 2.25. The van der Waals surface area contributed by atoms with Gasteiger partial charge >= 0.3 is 11.9 Å². The largest absolute Gasteiger partial charge is 0.461 e. The van der Waals surface area contributed by atoms with Crippen LogP contribution in [0.1, 0.15) is 40.0 Å². The third kappa shape index (κ3) is 9.64. The van der Waals surface area contributed by atoms with Crippen molar-refractivity contribution in [3.05, 3.63) is 109 Å². The lowest BCUT2D eigenvalue weighted by Gasteiger charge is -2.20. The van der Waals surface area contributed by atoms with Crippen molar-refractivity contribution in [3.63, 3.8) is 0 Å². The van der Waals surface area contributed by atoms with Crippen LogP contribution in [0.4, 0.5) is 17.5 Å². The Balaban J connectivity index is 1.24. The van der Waals surface area contributed by atoms with Crippen LogP contribution in [0.15, 0.2) is 66.9 Å². The van der Waals surface area contributed by atoms with E-state index in [-0.39, 0.29) is 49.0 Å². The molecule has 0 radical (unpaired) electrons. The van der Waals surface area contributed by atoms with E-state index < -0.39 is 23.9 Å². The standard InChI is InChI=1S/C34H30Cl4N8O5/c1-46(15-19-14-41-31-29(42-19)30(39)44-34(40)45-31)20-10-8-18(9-11-20)32(48)43-27(33(49)51-17-22-25(37)6-3-7-26(22)38)12-13-28(47)50-16-21-23(35)4-2-5-24(21)36/h2-11,14,27H,12-13,15-17H2,1H3,(H,43,48)(H4,39,40,41,44,45)/t27-/m0/s1. The molecule has 0 saturated carbocycles. The summed E-state index contributed by atoms with van der Waals surface area (Å²) in [6.45, 7) is -0.0778. The highest BCUT2D eigenvalue weighted by molar-refractivity contribution is 6.36. The number of rotatable bonds is 13. The molecule has 0 unspecified atom stereocenters. The Hall–Kier alpha value is -4.95. The van der Waals surface area contributed by atoms with Gasteiger partial charge < -0.3 is 31.2 Å². The van der Waals surface area contributed by atoms with Crippen LogP contribution < -0.4 is 21.7 Å². The highest BCUT2D eigenvalue weighted by atomic mass is 35.5. The number of ether oxygens (including phenoxy) is 2. The SMILES string of the molecule is CN(Cc1cnc2nc(N)nc(N)c2n1)c1ccc(C(=O)N[C@@H](CCC(=O)OCc2c(Cl)cccc2Cl)C(=O)OCc2c(Cl)cccc2Cl)cc1. The summed E-state index contributed by atoms with van der Waals surface area (Å²) in [6.07, 6.45) is 1.19. The monoisotopic (exact) mass is 770 g/mol. The van der Waals surface area contributed by atoms with Crippen LogP contribution in [0.3, 0.4) is 0 Å². The summed E-state index contributed by atoms with van der Waals surface area (Å²) in [4.78, 5) is 57.9. The van der Waals surface area contributed by atoms with Gasteiger partial charge in [0.15, 0.2) is 17.0 Å². The topological polar surface area (TPSA) is 189 Å². The van der Waals surface area contributed by atoms with Gasteiger partial charge in [-0.05, 0) is 55.0 Å². The average molecular weight is 772 g/mol. The Bertz CT molecular complexity index is 2050. The summed E-state index contributed by atoms with van der Waals surface area (Å²) in [5.74, 6) is -1.89. The number of nitrogen functional groups attached to an aromatic ring is 2. The van der Waals surface area contributed by atoms with Gasteiger partial charge in [0.2, 0.25) is 5.95 Å². The van der Waals surface area contributed by atoms with Crippen LogP contribution >= 0.6 is 46.4 Å². The van der Waals surface area contributed by atoms with Crippen LogP contribution in [0.2, 0.25) is 20.1 Å². The molecule has 17 heteroatoms. The van der Waals surface area contributed by atoms with Gasteiger partial charge in [0.25, 0.3) is 5.91 Å². The maximum Gasteiger partial charge on any atom is 0.328 e. The summed E-state index contributed by atoms with van der Waals surface area (Å²) < 4.78 is 10.8. The zero-order valence-corrected chi connectivity index (χ0v) is 29.9. The van der Waals surface area contributed by atoms with E-state index in [0.29, 0.717) is 49.0 Å². The number of halogens is 4. The third-order valence-electron chi connectivity index (χ3n) is 7.56. The lowest BCUT2D eigenvalue weighted by Crippen LogP contribution is -2.42. The van der Waals surface area contributed by atoms with E-state index in [9.17, 15) is 14.4 Å². The van der Waals surface area contributed by atoms with Gasteiger partial charge in [-0.2, -0.15) is 9.97 Å². The summed E-state index contributed by atoms with van der Waals surface area (Å²) in [7, 11) is 1.83. The molecule has 264 valence electrons. The smallest absolute Gasteiger partial charge is 0.328 e. The molecular formula is C34H30Cl4N8O5. The Kier molecular flexibility index (Phi) is 12.3. The van der Waals surface area contributed by atoms with Crippen molar-refractivity contribution in [2.45, 2.75) is 38.6 Å². The van der Waals surface area contributed by atoms with Crippen LogP contribution in [0, 0.1) is 0 Å². The Morgan fingerprint density at radius 2 is 1.41 bits per heavy atom. The molecule has 5 N–H and O–H groups in total. The van der Waals surface area contributed by atoms with E-state index in [2.05, 4.69) is 25.3 Å². The zero-order valence-electron chi connectivity index (χ0n) is 26.9. The molecule has 1 amide bonds. The van der Waals surface area contributed by atoms with Crippen molar-refractivity contribution in [3.8, 4) is 0 Å². The van der Waals surface area contributed by atoms with Crippen molar-refractivity contribution >= 4 is 92.9 Å². The predicted molar refractivity (Wildman–Crippen MR) is 196 cm³/mol. The van der Waals surface area contributed by atoms with Gasteiger partial charge in [-0.15, -0.1) is 0 Å². The fourth-order valence-corrected chi connectivity index (χ4v) is 5.84. The first-order valence-corrected chi connectivity index (χ1v) is 16.8. The zero-order chi connectivity index (χ0) is 36.7. The molecule has 0 bridgehead atoms. The number of anilines is 3. The minimum absolute atomic E-state index is 0.00590. The molecule has 2 aromatic heterocycles. The fourth-order valence-electron chi connectivity index (χ4n) is 4.82. The van der Waals surface area contributed by atoms with Gasteiger partial charge in [0.1, 0.15) is 19.3 Å². The van der Waals surface area contributed by atoms with Crippen molar-refractivity contribution < 1.29 is 23.9 Å². The number of nitrogens with two attached hydrogens (primary N) is 2. The van der Waals surface area contributed by atoms with Gasteiger partial charge in [-0.3, -0.25) is 9.59 Å². The number of nitrogens with one attached hydrogen (secondary N) is 1. The van der Waals surface area contributed by atoms with Gasteiger partial charge in [0, 0.05) is 55.9 Å². The molecule has 5 aromatic rings. The molecule has 51 heavy (non-hydrogen) atoms. The summed E-state index contributed by atoms with van der Waals surface area (Å²) in [6, 6.07) is 15.2. The number of nitrogens with zero attached hydrogens (tertiary/aromatic N) is 5. The van der Waals surface area contributed by atoms with Gasteiger partial charge in [-0.1, -0.05) is 58.5 Å². The van der Waals surface area contributed by atoms with Crippen molar-refractivity contribution in [2.75, 3.05) is 23.4 Å². The number of hydrogen-bond acceptors (Lipinski definition) is 12. The summed E-state index contributed by atoms with van der Waals surface area (Å²) in [5, 5.41) is 3.96. The first-order valence-electron chi connectivity index (χ1n) is 15.2. The molecule has 13 nitrogen and oxygen atoms in total. The second-order valence-electron chi connectivity index (χ2n) is 11.1. The molecule has 0 aliphatic rings. The minimum atomic E-state index is -1.23. The quantitative estimate of drug-likeness (QED) is 0.115. The number of carbonyl (C=O) groups excluding carboxylic acids is 3. The lowest BCUT2D eigenvalue weighted by atomic mass is 10.1. The van der Waals surface area contributed by atoms with E-state index in [4.69, 9.17) is 67.3 Å². The number of aromatic nitrogens is 4. The molecule has 2 heterocycles. The number of amides is 1. The maximum absolute atomic E-state index is 13.4. The van der Waals surface area contributed by atoms with E-state index in [0.717, 1.165) is 5.69 Å². The second-order valence-corrected chi connectivity index (χ2v) is 12.8. The Labute approximate surface area is 312 Å². The number of esters is 2. The molecule has 5 rings (SSSR count). The predicted octanol–water partition coefficient (Wildman–Crippen LogP) is 6.20.